The van der Waals surface area contributed by atoms with Gasteiger partial charge in [-0.3, -0.25) is 0 Å². The van der Waals surface area contributed by atoms with Crippen LogP contribution in [-0.4, -0.2) is 52.1 Å². The summed E-state index contributed by atoms with van der Waals surface area (Å²) in [6, 6.07) is 7.97. The van der Waals surface area contributed by atoms with Gasteiger partial charge in [0.25, 0.3) is 0 Å². The zero-order valence-electron chi connectivity index (χ0n) is 17.1. The first-order valence-electron chi connectivity index (χ1n) is 10.3. The molecule has 1 heterocycles. The van der Waals surface area contributed by atoms with E-state index in [-0.39, 0.29) is 0 Å². The van der Waals surface area contributed by atoms with Crippen LogP contribution in [0.2, 0.25) is 0 Å². The number of para-hydroxylation sites is 1. The van der Waals surface area contributed by atoms with Crippen molar-refractivity contribution in [2.24, 2.45) is 10.9 Å². The van der Waals surface area contributed by atoms with Crippen molar-refractivity contribution in [2.45, 2.75) is 32.7 Å². The summed E-state index contributed by atoms with van der Waals surface area (Å²) in [6.45, 7) is 11.8. The standard InChI is InChI=1S/C22H35N3O3/c1-3-13-28-21-9-6-5-8-20(21)17-25-22(23-4-2)24-12-7-14-27-18-19-10-15-26-16-11-19/h3,5-6,8-9,19H,1,4,7,10-18H2,2H3,(H2,23,24,25). The van der Waals surface area contributed by atoms with E-state index < -0.39 is 0 Å². The molecule has 0 radical (unpaired) electrons. The van der Waals surface area contributed by atoms with Gasteiger partial charge in [-0.25, -0.2) is 4.99 Å². The number of ether oxygens (including phenoxy) is 3. The van der Waals surface area contributed by atoms with Crippen molar-refractivity contribution in [2.75, 3.05) is 46.1 Å². The normalized spacial score (nSPS) is 15.2. The van der Waals surface area contributed by atoms with Crippen LogP contribution in [0.3, 0.4) is 0 Å². The largest absolute Gasteiger partial charge is 0.489 e. The molecule has 0 amide bonds. The number of aliphatic imine (C=N–C) groups is 1. The maximum atomic E-state index is 5.82. The number of nitrogens with one attached hydrogen (secondary N) is 2. The summed E-state index contributed by atoms with van der Waals surface area (Å²) in [6.07, 6.45) is 4.93. The minimum Gasteiger partial charge on any atom is -0.489 e. The predicted molar refractivity (Wildman–Crippen MR) is 114 cm³/mol. The number of benzene rings is 1. The van der Waals surface area contributed by atoms with Gasteiger partial charge in [0.2, 0.25) is 0 Å². The highest BCUT2D eigenvalue weighted by Gasteiger charge is 2.13. The Morgan fingerprint density at radius 2 is 2.11 bits per heavy atom. The Balaban J connectivity index is 1.70. The van der Waals surface area contributed by atoms with Gasteiger partial charge in [-0.05, 0) is 38.2 Å². The van der Waals surface area contributed by atoms with E-state index in [2.05, 4.69) is 29.1 Å². The Kier molecular flexibility index (Phi) is 11.1. The van der Waals surface area contributed by atoms with E-state index >= 15 is 0 Å². The highest BCUT2D eigenvalue weighted by atomic mass is 16.5. The van der Waals surface area contributed by atoms with Crippen molar-refractivity contribution >= 4 is 5.96 Å². The molecule has 0 unspecified atom stereocenters. The molecule has 0 saturated carbocycles. The van der Waals surface area contributed by atoms with Gasteiger partial charge in [0.15, 0.2) is 5.96 Å². The van der Waals surface area contributed by atoms with E-state index in [4.69, 9.17) is 14.2 Å². The number of nitrogens with zero attached hydrogens (tertiary/aromatic N) is 1. The highest BCUT2D eigenvalue weighted by molar-refractivity contribution is 5.79. The summed E-state index contributed by atoms with van der Waals surface area (Å²) in [5.74, 6) is 2.32. The minimum atomic E-state index is 0.493. The second-order valence-electron chi connectivity index (χ2n) is 6.81. The summed E-state index contributed by atoms with van der Waals surface area (Å²) in [5, 5.41) is 6.66. The maximum Gasteiger partial charge on any atom is 0.191 e. The Morgan fingerprint density at radius 1 is 1.29 bits per heavy atom. The van der Waals surface area contributed by atoms with Gasteiger partial charge in [-0.15, -0.1) is 0 Å². The van der Waals surface area contributed by atoms with Crippen molar-refractivity contribution in [1.29, 1.82) is 0 Å². The lowest BCUT2D eigenvalue weighted by molar-refractivity contribution is 0.0203. The molecule has 6 nitrogen and oxygen atoms in total. The third-order valence-corrected chi connectivity index (χ3v) is 4.53. The van der Waals surface area contributed by atoms with E-state index in [9.17, 15) is 0 Å². The SMILES string of the molecule is C=CCOc1ccccc1CN=C(NCC)NCCCOCC1CCOCC1. The molecule has 2 N–H and O–H groups in total. The molecule has 1 fully saturated rings. The molecule has 1 aliphatic rings. The topological polar surface area (TPSA) is 64.1 Å². The monoisotopic (exact) mass is 389 g/mol. The second kappa shape index (κ2) is 14.0. The van der Waals surface area contributed by atoms with Crippen LogP contribution < -0.4 is 15.4 Å². The van der Waals surface area contributed by atoms with Gasteiger partial charge in [0, 0.05) is 45.1 Å². The van der Waals surface area contributed by atoms with Crippen molar-refractivity contribution in [3.63, 3.8) is 0 Å². The number of rotatable bonds is 12. The van der Waals surface area contributed by atoms with Gasteiger partial charge >= 0.3 is 0 Å². The third-order valence-electron chi connectivity index (χ3n) is 4.53. The molecule has 1 aromatic rings. The second-order valence-corrected chi connectivity index (χ2v) is 6.81. The first-order valence-corrected chi connectivity index (χ1v) is 10.3. The summed E-state index contributed by atoms with van der Waals surface area (Å²) >= 11 is 0. The van der Waals surface area contributed by atoms with Crippen LogP contribution in [0, 0.1) is 5.92 Å². The van der Waals surface area contributed by atoms with Crippen LogP contribution in [0.25, 0.3) is 0 Å². The summed E-state index contributed by atoms with van der Waals surface area (Å²) in [4.78, 5) is 4.68. The fourth-order valence-corrected chi connectivity index (χ4v) is 2.97. The van der Waals surface area contributed by atoms with Gasteiger partial charge < -0.3 is 24.8 Å². The van der Waals surface area contributed by atoms with Gasteiger partial charge in [-0.2, -0.15) is 0 Å². The quantitative estimate of drug-likeness (QED) is 0.249. The number of hydrogen-bond donors (Lipinski definition) is 2. The van der Waals surface area contributed by atoms with E-state index in [1.54, 1.807) is 6.08 Å². The summed E-state index contributed by atoms with van der Waals surface area (Å²) < 4.78 is 16.9. The smallest absolute Gasteiger partial charge is 0.191 e. The van der Waals surface area contributed by atoms with Crippen LogP contribution in [0.15, 0.2) is 41.9 Å². The summed E-state index contributed by atoms with van der Waals surface area (Å²) in [7, 11) is 0. The molecule has 1 saturated heterocycles. The van der Waals surface area contributed by atoms with Crippen LogP contribution in [0.5, 0.6) is 5.75 Å². The number of hydrogen-bond acceptors (Lipinski definition) is 4. The Labute approximate surface area is 169 Å². The van der Waals surface area contributed by atoms with Crippen molar-refractivity contribution < 1.29 is 14.2 Å². The fourth-order valence-electron chi connectivity index (χ4n) is 2.97. The van der Waals surface area contributed by atoms with E-state index in [1.807, 2.05) is 24.3 Å². The molecule has 6 heteroatoms. The van der Waals surface area contributed by atoms with Crippen LogP contribution in [-0.2, 0) is 16.0 Å². The molecule has 28 heavy (non-hydrogen) atoms. The first-order chi connectivity index (χ1) is 13.8. The molecule has 0 spiro atoms. The Bertz CT molecular complexity index is 586. The first kappa shape index (κ1) is 22.2. The zero-order valence-corrected chi connectivity index (χ0v) is 17.1. The van der Waals surface area contributed by atoms with E-state index in [0.29, 0.717) is 19.1 Å². The van der Waals surface area contributed by atoms with Crippen LogP contribution >= 0.6 is 0 Å². The molecule has 1 aromatic carbocycles. The Morgan fingerprint density at radius 3 is 2.89 bits per heavy atom. The molecule has 1 aliphatic heterocycles. The van der Waals surface area contributed by atoms with Crippen molar-refractivity contribution in [3.05, 3.63) is 42.5 Å². The number of guanidine groups is 1. The maximum absolute atomic E-state index is 5.82. The third kappa shape index (κ3) is 8.76. The molecule has 0 atom stereocenters. The predicted octanol–water partition coefficient (Wildman–Crippen LogP) is 3.14. The molecule has 156 valence electrons. The van der Waals surface area contributed by atoms with Crippen molar-refractivity contribution in [3.8, 4) is 5.75 Å². The van der Waals surface area contributed by atoms with E-state index in [0.717, 1.165) is 76.1 Å². The highest BCUT2D eigenvalue weighted by Crippen LogP contribution is 2.18. The Hall–Kier alpha value is -2.05. The average molecular weight is 390 g/mol. The fraction of sp³-hybridized carbons (Fsp3) is 0.591. The lowest BCUT2D eigenvalue weighted by Crippen LogP contribution is -2.38. The summed E-state index contributed by atoms with van der Waals surface area (Å²) in [5.41, 5.74) is 1.06. The van der Waals surface area contributed by atoms with Crippen molar-refractivity contribution in [1.82, 2.24) is 10.6 Å². The molecule has 0 bridgehead atoms. The van der Waals surface area contributed by atoms with Crippen LogP contribution in [0.4, 0.5) is 0 Å². The zero-order chi connectivity index (χ0) is 19.9. The molecular formula is C22H35N3O3. The van der Waals surface area contributed by atoms with Gasteiger partial charge in [0.05, 0.1) is 6.54 Å². The minimum absolute atomic E-state index is 0.493. The molecule has 2 rings (SSSR count). The van der Waals surface area contributed by atoms with Crippen LogP contribution in [0.1, 0.15) is 31.7 Å². The van der Waals surface area contributed by atoms with E-state index in [1.165, 1.54) is 0 Å². The molecular weight excluding hydrogens is 354 g/mol. The average Bonchev–Trinajstić information content (AvgIpc) is 2.74. The lowest BCUT2D eigenvalue weighted by Gasteiger charge is -2.21. The molecule has 0 aromatic heterocycles. The molecule has 0 aliphatic carbocycles. The van der Waals surface area contributed by atoms with Gasteiger partial charge in [-0.1, -0.05) is 30.9 Å². The lowest BCUT2D eigenvalue weighted by atomic mass is 10.0. The van der Waals surface area contributed by atoms with Gasteiger partial charge in [0.1, 0.15) is 12.4 Å².